The van der Waals surface area contributed by atoms with Crippen molar-refractivity contribution in [3.8, 4) is 5.75 Å². The second-order valence-corrected chi connectivity index (χ2v) is 7.24. The molecule has 1 unspecified atom stereocenters. The summed E-state index contributed by atoms with van der Waals surface area (Å²) in [6.07, 6.45) is 3.04. The first kappa shape index (κ1) is 37.4. The number of rotatable bonds is 4. The van der Waals surface area contributed by atoms with Gasteiger partial charge >= 0.3 is 49.0 Å². The molecule has 0 radical (unpaired) electrons. The summed E-state index contributed by atoms with van der Waals surface area (Å²) in [5.41, 5.74) is -0.454. The van der Waals surface area contributed by atoms with Crippen molar-refractivity contribution in [1.29, 1.82) is 0 Å². The van der Waals surface area contributed by atoms with E-state index < -0.39 is 22.8 Å². The van der Waals surface area contributed by atoms with E-state index in [0.717, 1.165) is 18.9 Å². The number of methoxy groups -OCH3 is 1. The fourth-order valence-electron chi connectivity index (χ4n) is 3.85. The molecule has 2 aliphatic rings. The molecule has 182 valence electrons. The predicted molar refractivity (Wildman–Crippen MR) is 101 cm³/mol. The molecule has 2 aromatic rings. The van der Waals surface area contributed by atoms with E-state index in [2.05, 4.69) is 5.32 Å². The average Bonchev–Trinajstić information content (AvgIpc) is 3.46. The average molecular weight is 625 g/mol. The summed E-state index contributed by atoms with van der Waals surface area (Å²) < 4.78 is 22.4. The third-order valence-corrected chi connectivity index (χ3v) is 5.25. The van der Waals surface area contributed by atoms with Crippen molar-refractivity contribution in [1.82, 2.24) is 9.88 Å². The van der Waals surface area contributed by atoms with Gasteiger partial charge in [-0.05, 0) is 25.8 Å². The number of aromatic nitrogens is 1. The monoisotopic (exact) mass is 623 g/mol. The number of halogens is 4. The van der Waals surface area contributed by atoms with Crippen LogP contribution in [-0.2, 0) is 19.5 Å². The zero-order valence-electron chi connectivity index (χ0n) is 18.2. The number of nitrogens with zero attached hydrogens (tertiary/aromatic N) is 2. The number of hydrogen-bond acceptors (Lipinski definition) is 6. The third kappa shape index (κ3) is 7.18. The minimum absolute atomic E-state index is 0. The Morgan fingerprint density at radius 1 is 1.27 bits per heavy atom. The van der Waals surface area contributed by atoms with E-state index in [-0.39, 0.29) is 115 Å². The van der Waals surface area contributed by atoms with Crippen LogP contribution in [0.15, 0.2) is 17.1 Å². The zero-order valence-corrected chi connectivity index (χ0v) is 24.1. The fourth-order valence-corrected chi connectivity index (χ4v) is 3.85. The molecule has 0 amide bonds. The first-order valence-corrected chi connectivity index (χ1v) is 9.07. The number of pyridine rings is 1. The number of hydrogen-bond donors (Lipinski definition) is 1. The molecule has 1 saturated carbocycles. The van der Waals surface area contributed by atoms with Crippen LogP contribution in [0.4, 0.5) is 10.1 Å². The van der Waals surface area contributed by atoms with Crippen LogP contribution in [0.5, 0.6) is 5.75 Å². The quantitative estimate of drug-likeness (QED) is 0.338. The summed E-state index contributed by atoms with van der Waals surface area (Å²) >= 11 is 0. The Morgan fingerprint density at radius 2 is 1.88 bits per heavy atom. The van der Waals surface area contributed by atoms with Crippen molar-refractivity contribution in [3.05, 3.63) is 33.9 Å². The van der Waals surface area contributed by atoms with E-state index in [9.17, 15) is 14.7 Å². The van der Waals surface area contributed by atoms with Crippen molar-refractivity contribution in [2.75, 3.05) is 31.6 Å². The summed E-state index contributed by atoms with van der Waals surface area (Å²) in [7, 11) is 1.44. The van der Waals surface area contributed by atoms with Gasteiger partial charge in [0.15, 0.2) is 17.0 Å². The summed E-state index contributed by atoms with van der Waals surface area (Å²) in [6.45, 7) is 3.93. The molecular weight excluding hydrogens is 601 g/mol. The molecule has 2 fully saturated rings. The van der Waals surface area contributed by atoms with Crippen molar-refractivity contribution in [2.24, 2.45) is 0 Å². The predicted octanol–water partition coefficient (Wildman–Crippen LogP) is -12.2. The Bertz CT molecular complexity index is 1010. The SMILES string of the molecule is COc1c(N2CCNC(C)C2)c(F)cc2c(=O)c(C(=O)[O-])cn(C3CC3)c12.O.[Cl-].[Cl-].[Cl-].[Na+].[Rh+3]. The van der Waals surface area contributed by atoms with Gasteiger partial charge in [0.1, 0.15) is 5.69 Å². The molecule has 2 heterocycles. The first-order chi connectivity index (χ1) is 12.9. The summed E-state index contributed by atoms with van der Waals surface area (Å²) in [6, 6.07) is 1.39. The molecule has 14 heteroatoms. The number of benzene rings is 1. The molecule has 3 N–H and O–H groups in total. The van der Waals surface area contributed by atoms with E-state index in [4.69, 9.17) is 4.74 Å². The van der Waals surface area contributed by atoms with Gasteiger partial charge in [-0.15, -0.1) is 0 Å². The summed E-state index contributed by atoms with van der Waals surface area (Å²) in [5.74, 6) is -1.88. The maximum Gasteiger partial charge on any atom is 3.00 e. The summed E-state index contributed by atoms with van der Waals surface area (Å²) in [5, 5.41) is 14.7. The Labute approximate surface area is 244 Å². The normalized spacial score (nSPS) is 16.5. The van der Waals surface area contributed by atoms with E-state index >= 15 is 4.39 Å². The van der Waals surface area contributed by atoms with Gasteiger partial charge in [0, 0.05) is 37.9 Å². The molecule has 1 aliphatic heterocycles. The summed E-state index contributed by atoms with van der Waals surface area (Å²) in [4.78, 5) is 25.9. The van der Waals surface area contributed by atoms with Gasteiger partial charge in [-0.1, -0.05) is 0 Å². The van der Waals surface area contributed by atoms with Gasteiger partial charge in [0.05, 0.1) is 29.5 Å². The van der Waals surface area contributed by atoms with Gasteiger partial charge in [0.25, 0.3) is 0 Å². The van der Waals surface area contributed by atoms with Crippen molar-refractivity contribution in [2.45, 2.75) is 31.8 Å². The largest absolute Gasteiger partial charge is 3.00 e. The molecule has 8 nitrogen and oxygen atoms in total. The number of piperazine rings is 1. The van der Waals surface area contributed by atoms with Crippen LogP contribution in [-0.4, -0.2) is 48.8 Å². The van der Waals surface area contributed by atoms with Crippen LogP contribution in [0.25, 0.3) is 10.9 Å². The molecular formula is C19H23Cl3FN3NaO5Rh. The number of carboxylic acids is 1. The molecule has 4 rings (SSSR count). The molecule has 1 atom stereocenters. The molecule has 1 aromatic heterocycles. The van der Waals surface area contributed by atoms with Gasteiger partial charge in [0.2, 0.25) is 0 Å². The molecule has 1 saturated heterocycles. The van der Waals surface area contributed by atoms with Crippen molar-refractivity contribution >= 4 is 22.6 Å². The fraction of sp³-hybridized carbons (Fsp3) is 0.474. The molecule has 1 aromatic carbocycles. The van der Waals surface area contributed by atoms with Gasteiger partial charge in [-0.2, -0.15) is 0 Å². The molecule has 0 spiro atoms. The maximum absolute atomic E-state index is 15.1. The second-order valence-electron chi connectivity index (χ2n) is 7.24. The third-order valence-electron chi connectivity index (χ3n) is 5.25. The zero-order chi connectivity index (χ0) is 19.3. The van der Waals surface area contributed by atoms with Crippen LogP contribution in [0, 0.1) is 5.82 Å². The van der Waals surface area contributed by atoms with E-state index in [1.807, 2.05) is 11.8 Å². The molecule has 0 bridgehead atoms. The van der Waals surface area contributed by atoms with Gasteiger partial charge < -0.3 is 72.1 Å². The maximum atomic E-state index is 15.1. The van der Waals surface area contributed by atoms with Gasteiger partial charge in [-0.25, -0.2) is 4.39 Å². The second kappa shape index (κ2) is 15.1. The molecule has 33 heavy (non-hydrogen) atoms. The number of carboxylic acid groups (broad SMARTS) is 1. The first-order valence-electron chi connectivity index (χ1n) is 9.07. The Kier molecular flexibility index (Phi) is 17.1. The number of aromatic carboxylic acids is 1. The van der Waals surface area contributed by atoms with Crippen molar-refractivity contribution in [3.63, 3.8) is 0 Å². The van der Waals surface area contributed by atoms with Crippen LogP contribution in [0.3, 0.4) is 0 Å². The Morgan fingerprint density at radius 3 is 2.36 bits per heavy atom. The van der Waals surface area contributed by atoms with Crippen LogP contribution < -0.4 is 92.3 Å². The van der Waals surface area contributed by atoms with E-state index in [1.54, 1.807) is 4.57 Å². The van der Waals surface area contributed by atoms with Crippen molar-refractivity contribution < 1.29 is 111 Å². The Balaban J connectivity index is -0.00000150. The van der Waals surface area contributed by atoms with E-state index in [1.165, 1.54) is 13.3 Å². The number of nitrogens with one attached hydrogen (secondary N) is 1. The number of ether oxygens (including phenoxy) is 1. The number of carbonyl (C=O) groups is 1. The van der Waals surface area contributed by atoms with Crippen LogP contribution in [0.2, 0.25) is 0 Å². The van der Waals surface area contributed by atoms with Crippen LogP contribution in [0.1, 0.15) is 36.2 Å². The Hall–Kier alpha value is -0.157. The smallest absolute Gasteiger partial charge is 1.00 e. The van der Waals surface area contributed by atoms with Gasteiger partial charge in [-0.3, -0.25) is 4.79 Å². The number of carbonyl (C=O) groups excluding carboxylic acids is 1. The van der Waals surface area contributed by atoms with Crippen LogP contribution >= 0.6 is 0 Å². The minimum atomic E-state index is -1.56. The number of anilines is 1. The van der Waals surface area contributed by atoms with E-state index in [0.29, 0.717) is 30.8 Å². The standard InChI is InChI=1S/C19H22FN3O4.3ClH.Na.H2O.Rh/c1-10-8-22(6-5-21-10)16-14(20)7-12-15(18(16)27-2)23(11-3-4-11)9-13(17(12)24)19(25)26;;;;;;/h7,9-11,21H,3-6,8H2,1-2H3,(H,25,26);3*1H;;1H2;/q;;;;+1;;+3/p-4. The molecule has 1 aliphatic carbocycles. The number of fused-ring (bicyclic) bond motifs is 1. The topological polar surface area (TPSA) is 118 Å². The minimum Gasteiger partial charge on any atom is -1.00 e.